The van der Waals surface area contributed by atoms with Gasteiger partial charge < -0.3 is 24.3 Å². The van der Waals surface area contributed by atoms with Crippen molar-refractivity contribution in [1.29, 1.82) is 0 Å². The number of aromatic nitrogens is 2. The highest BCUT2D eigenvalue weighted by molar-refractivity contribution is 7.09. The Morgan fingerprint density at radius 1 is 1.21 bits per heavy atom. The molecule has 4 heterocycles. The van der Waals surface area contributed by atoms with E-state index in [4.69, 9.17) is 9.47 Å². The van der Waals surface area contributed by atoms with Crippen LogP contribution in [0.3, 0.4) is 0 Å². The first-order valence-electron chi connectivity index (χ1n) is 11.5. The number of hydrogen-bond acceptors (Lipinski definition) is 6. The minimum atomic E-state index is -0.0982. The van der Waals surface area contributed by atoms with Gasteiger partial charge in [-0.05, 0) is 42.0 Å². The highest BCUT2D eigenvalue weighted by Crippen LogP contribution is 2.30. The molecule has 1 atom stereocenters. The smallest absolute Gasteiger partial charge is 0.274 e. The number of carbonyl (C=O) groups excluding carboxylic acids is 2. The summed E-state index contributed by atoms with van der Waals surface area (Å²) >= 11 is 1.63. The number of methoxy groups -OCH3 is 1. The molecule has 0 saturated carbocycles. The van der Waals surface area contributed by atoms with E-state index in [1.807, 2.05) is 51.2 Å². The molecule has 8 nitrogen and oxygen atoms in total. The fraction of sp³-hybridized carbons (Fsp3) is 0.400. The van der Waals surface area contributed by atoms with Gasteiger partial charge in [0.25, 0.3) is 5.91 Å². The number of amides is 2. The maximum atomic E-state index is 13.2. The number of likely N-dealkylation sites (tertiary alicyclic amines) is 1. The van der Waals surface area contributed by atoms with Crippen LogP contribution in [0.5, 0.6) is 5.75 Å². The Hall–Kier alpha value is -3.17. The molecule has 9 heteroatoms. The van der Waals surface area contributed by atoms with Gasteiger partial charge in [0.05, 0.1) is 38.8 Å². The fourth-order valence-corrected chi connectivity index (χ4v) is 5.20. The normalized spacial score (nSPS) is 18.4. The lowest BCUT2D eigenvalue weighted by Gasteiger charge is -2.31. The van der Waals surface area contributed by atoms with Crippen LogP contribution in [0.2, 0.25) is 0 Å². The van der Waals surface area contributed by atoms with Crippen LogP contribution >= 0.6 is 11.3 Å². The van der Waals surface area contributed by atoms with E-state index in [2.05, 4.69) is 10.3 Å². The topological polar surface area (TPSA) is 85.7 Å². The average molecular weight is 481 g/mol. The lowest BCUT2D eigenvalue weighted by molar-refractivity contribution is -0.126. The van der Waals surface area contributed by atoms with E-state index in [0.29, 0.717) is 51.3 Å². The third kappa shape index (κ3) is 4.71. The summed E-state index contributed by atoms with van der Waals surface area (Å²) in [5, 5.41) is 5.02. The molecular weight excluding hydrogens is 452 g/mol. The molecule has 2 aliphatic heterocycles. The summed E-state index contributed by atoms with van der Waals surface area (Å²) in [5.41, 5.74) is 2.33. The molecule has 1 aromatic carbocycles. The van der Waals surface area contributed by atoms with Crippen molar-refractivity contribution in [2.75, 3.05) is 20.2 Å². The van der Waals surface area contributed by atoms with E-state index in [0.717, 1.165) is 21.9 Å². The quantitative estimate of drug-likeness (QED) is 0.585. The molecule has 1 N–H and O–H groups in total. The van der Waals surface area contributed by atoms with Crippen LogP contribution in [-0.2, 0) is 29.2 Å². The summed E-state index contributed by atoms with van der Waals surface area (Å²) in [6.45, 7) is 2.61. The number of nitrogens with zero attached hydrogens (tertiary/aromatic N) is 3. The van der Waals surface area contributed by atoms with E-state index in [9.17, 15) is 9.59 Å². The molecule has 0 aliphatic carbocycles. The molecular formula is C25H28N4O4S. The average Bonchev–Trinajstić information content (AvgIpc) is 3.56. The molecule has 1 saturated heterocycles. The van der Waals surface area contributed by atoms with Gasteiger partial charge in [-0.3, -0.25) is 9.59 Å². The largest absolute Gasteiger partial charge is 0.497 e. The van der Waals surface area contributed by atoms with Gasteiger partial charge in [0.15, 0.2) is 5.69 Å². The second kappa shape index (κ2) is 9.99. The number of rotatable bonds is 6. The van der Waals surface area contributed by atoms with E-state index in [-0.39, 0.29) is 23.8 Å². The summed E-state index contributed by atoms with van der Waals surface area (Å²) < 4.78 is 13.3. The highest BCUT2D eigenvalue weighted by Gasteiger charge is 2.32. The van der Waals surface area contributed by atoms with E-state index >= 15 is 0 Å². The number of ether oxygens (including phenoxy) is 2. The molecule has 2 aliphatic rings. The van der Waals surface area contributed by atoms with Crippen molar-refractivity contribution in [3.63, 3.8) is 0 Å². The summed E-state index contributed by atoms with van der Waals surface area (Å²) in [6.07, 6.45) is 2.95. The second-order valence-corrected chi connectivity index (χ2v) is 9.66. The number of hydrogen-bond donors (Lipinski definition) is 1. The Labute approximate surface area is 202 Å². The Bertz CT molecular complexity index is 1130. The molecule has 2 amide bonds. The third-order valence-electron chi connectivity index (χ3n) is 6.59. The van der Waals surface area contributed by atoms with Crippen LogP contribution in [0, 0.1) is 5.92 Å². The Morgan fingerprint density at radius 3 is 2.71 bits per heavy atom. The van der Waals surface area contributed by atoms with E-state index < -0.39 is 0 Å². The first-order chi connectivity index (χ1) is 16.6. The number of thiophene rings is 1. The second-order valence-electron chi connectivity index (χ2n) is 8.63. The van der Waals surface area contributed by atoms with Gasteiger partial charge in [0.1, 0.15) is 11.9 Å². The number of benzene rings is 1. The van der Waals surface area contributed by atoms with Crippen molar-refractivity contribution in [2.45, 2.75) is 38.6 Å². The fourth-order valence-electron chi connectivity index (χ4n) is 4.55. The van der Waals surface area contributed by atoms with Crippen molar-refractivity contribution in [1.82, 2.24) is 19.8 Å². The monoisotopic (exact) mass is 480 g/mol. The van der Waals surface area contributed by atoms with Crippen LogP contribution in [0.4, 0.5) is 0 Å². The van der Waals surface area contributed by atoms with Gasteiger partial charge >= 0.3 is 0 Å². The molecule has 178 valence electrons. The predicted molar refractivity (Wildman–Crippen MR) is 128 cm³/mol. The van der Waals surface area contributed by atoms with Crippen molar-refractivity contribution in [2.24, 2.45) is 5.92 Å². The lowest BCUT2D eigenvalue weighted by Crippen LogP contribution is -2.43. The van der Waals surface area contributed by atoms with Gasteiger partial charge in [-0.1, -0.05) is 18.2 Å². The van der Waals surface area contributed by atoms with Gasteiger partial charge in [0, 0.05) is 23.9 Å². The third-order valence-corrected chi connectivity index (χ3v) is 7.47. The molecule has 3 aromatic rings. The van der Waals surface area contributed by atoms with E-state index in [1.165, 1.54) is 0 Å². The minimum Gasteiger partial charge on any atom is -0.497 e. The van der Waals surface area contributed by atoms with Crippen LogP contribution in [0.1, 0.15) is 45.6 Å². The summed E-state index contributed by atoms with van der Waals surface area (Å²) in [4.78, 5) is 33.1. The van der Waals surface area contributed by atoms with Crippen molar-refractivity contribution in [3.8, 4) is 5.75 Å². The molecule has 0 radical (unpaired) electrons. The van der Waals surface area contributed by atoms with Crippen LogP contribution in [0.15, 0.2) is 48.1 Å². The van der Waals surface area contributed by atoms with Crippen LogP contribution < -0.4 is 10.1 Å². The Kier molecular flexibility index (Phi) is 6.64. The Balaban J connectivity index is 1.16. The molecule has 0 bridgehead atoms. The zero-order valence-corrected chi connectivity index (χ0v) is 19.9. The SMILES string of the molecule is COc1ccc(C2Cn3cnc(C(=O)N4CCC(C(=O)NCc5cccs5)CC4)c3CO2)cc1. The standard InChI is InChI=1S/C25H28N4O4S/c1-32-19-6-4-17(5-7-19)22-14-29-16-27-23(21(29)15-33-22)25(31)28-10-8-18(9-11-28)24(30)26-13-20-3-2-12-34-20/h2-7,12,16,18,22H,8-11,13-15H2,1H3,(H,26,30). The molecule has 1 unspecified atom stereocenters. The van der Waals surface area contributed by atoms with Crippen molar-refractivity contribution >= 4 is 23.2 Å². The number of nitrogens with one attached hydrogen (secondary N) is 1. The van der Waals surface area contributed by atoms with Crippen molar-refractivity contribution in [3.05, 3.63) is 69.9 Å². The van der Waals surface area contributed by atoms with Crippen LogP contribution in [0.25, 0.3) is 0 Å². The van der Waals surface area contributed by atoms with Crippen LogP contribution in [-0.4, -0.2) is 46.5 Å². The molecule has 0 spiro atoms. The number of carbonyl (C=O) groups is 2. The molecule has 34 heavy (non-hydrogen) atoms. The first kappa shape index (κ1) is 22.6. The zero-order chi connectivity index (χ0) is 23.5. The highest BCUT2D eigenvalue weighted by atomic mass is 32.1. The maximum absolute atomic E-state index is 13.2. The maximum Gasteiger partial charge on any atom is 0.274 e. The number of fused-ring (bicyclic) bond motifs is 1. The first-order valence-corrected chi connectivity index (χ1v) is 12.4. The molecule has 1 fully saturated rings. The summed E-state index contributed by atoms with van der Waals surface area (Å²) in [6, 6.07) is 11.8. The van der Waals surface area contributed by atoms with Crippen molar-refractivity contribution < 1.29 is 19.1 Å². The van der Waals surface area contributed by atoms with Gasteiger partial charge in [0.2, 0.25) is 5.91 Å². The Morgan fingerprint density at radius 2 is 2.00 bits per heavy atom. The zero-order valence-electron chi connectivity index (χ0n) is 19.1. The summed E-state index contributed by atoms with van der Waals surface area (Å²) in [5.74, 6) is 0.726. The number of imidazole rings is 1. The minimum absolute atomic E-state index is 0.0616. The predicted octanol–water partition coefficient (Wildman–Crippen LogP) is 3.39. The van der Waals surface area contributed by atoms with Gasteiger partial charge in [-0.15, -0.1) is 11.3 Å². The summed E-state index contributed by atoms with van der Waals surface area (Å²) in [7, 11) is 1.64. The molecule has 2 aromatic heterocycles. The number of piperidine rings is 1. The molecule has 5 rings (SSSR count). The van der Waals surface area contributed by atoms with Gasteiger partial charge in [-0.25, -0.2) is 4.98 Å². The van der Waals surface area contributed by atoms with E-state index in [1.54, 1.807) is 24.8 Å². The van der Waals surface area contributed by atoms with Gasteiger partial charge in [-0.2, -0.15) is 0 Å². The lowest BCUT2D eigenvalue weighted by atomic mass is 9.95.